The van der Waals surface area contributed by atoms with Crippen molar-refractivity contribution in [2.24, 2.45) is 0 Å². The van der Waals surface area contributed by atoms with Gasteiger partial charge in [0.15, 0.2) is 11.5 Å². The molecule has 0 saturated carbocycles. The zero-order valence-corrected chi connectivity index (χ0v) is 15.2. The highest BCUT2D eigenvalue weighted by atomic mass is 16.5. The van der Waals surface area contributed by atoms with Gasteiger partial charge >= 0.3 is 0 Å². The lowest BCUT2D eigenvalue weighted by Crippen LogP contribution is -2.34. The molecule has 0 unspecified atom stereocenters. The summed E-state index contributed by atoms with van der Waals surface area (Å²) in [5.74, 6) is 0.593. The molecule has 6 nitrogen and oxygen atoms in total. The second kappa shape index (κ2) is 8.65. The van der Waals surface area contributed by atoms with Crippen LogP contribution in [0.2, 0.25) is 0 Å². The van der Waals surface area contributed by atoms with Crippen LogP contribution in [0.25, 0.3) is 0 Å². The number of carbonyl (C=O) groups is 2. The van der Waals surface area contributed by atoms with Crippen molar-refractivity contribution in [3.63, 3.8) is 0 Å². The summed E-state index contributed by atoms with van der Waals surface area (Å²) in [6.07, 6.45) is 5.74. The maximum atomic E-state index is 12.6. The molecule has 1 aromatic heterocycles. The van der Waals surface area contributed by atoms with Gasteiger partial charge in [0, 0.05) is 18.7 Å². The molecule has 26 heavy (non-hydrogen) atoms. The number of nitrogens with zero attached hydrogens (tertiary/aromatic N) is 2. The van der Waals surface area contributed by atoms with Crippen molar-refractivity contribution in [3.8, 4) is 5.75 Å². The zero-order valence-electron chi connectivity index (χ0n) is 15.2. The van der Waals surface area contributed by atoms with E-state index in [1.807, 2.05) is 4.90 Å². The summed E-state index contributed by atoms with van der Waals surface area (Å²) in [5.41, 5.74) is 1.77. The monoisotopic (exact) mass is 355 g/mol. The Kier molecular flexibility index (Phi) is 6.04. The predicted molar refractivity (Wildman–Crippen MR) is 98.4 cm³/mol. The first-order chi connectivity index (χ1) is 12.6. The van der Waals surface area contributed by atoms with E-state index in [1.165, 1.54) is 26.2 Å². The molecule has 0 aliphatic carbocycles. The lowest BCUT2D eigenvalue weighted by molar-refractivity contribution is 0.0736. The Morgan fingerprint density at radius 2 is 1.85 bits per heavy atom. The maximum Gasteiger partial charge on any atom is 0.274 e. The van der Waals surface area contributed by atoms with Crippen molar-refractivity contribution in [2.45, 2.75) is 45.6 Å². The van der Waals surface area contributed by atoms with Crippen LogP contribution < -0.4 is 4.74 Å². The number of Topliss-reactive ketones (excluding diaryl/α,β-unsaturated/α-hetero) is 1. The Labute approximate surface area is 153 Å². The third-order valence-corrected chi connectivity index (χ3v) is 4.63. The third-order valence-electron chi connectivity index (χ3n) is 4.63. The summed E-state index contributed by atoms with van der Waals surface area (Å²) in [5, 5.41) is 7.03. The molecule has 0 spiro atoms. The standard InChI is InChI=1S/C20H25N3O3/c1-15(24)16-8-7-9-18(12-16)26-14-17-13-19(22-21-17)20(25)23-10-5-3-2-4-6-11-23/h7-9,12-13H,2-6,10-11,14H2,1H3,(H,21,22). The van der Waals surface area contributed by atoms with E-state index in [0.29, 0.717) is 17.0 Å². The highest BCUT2D eigenvalue weighted by Crippen LogP contribution is 2.16. The van der Waals surface area contributed by atoms with Crippen molar-refractivity contribution in [3.05, 3.63) is 47.3 Å². The number of H-pyrrole nitrogens is 1. The van der Waals surface area contributed by atoms with Gasteiger partial charge in [0.2, 0.25) is 0 Å². The first kappa shape index (κ1) is 18.2. The minimum absolute atomic E-state index is 0.00174. The number of amides is 1. The van der Waals surface area contributed by atoms with Crippen molar-refractivity contribution < 1.29 is 14.3 Å². The van der Waals surface area contributed by atoms with Gasteiger partial charge < -0.3 is 9.64 Å². The normalized spacial score (nSPS) is 15.2. The Balaban J connectivity index is 1.59. The number of benzene rings is 1. The van der Waals surface area contributed by atoms with Gasteiger partial charge in [0.1, 0.15) is 12.4 Å². The van der Waals surface area contributed by atoms with Crippen LogP contribution in [0.3, 0.4) is 0 Å². The fraction of sp³-hybridized carbons (Fsp3) is 0.450. The van der Waals surface area contributed by atoms with Crippen LogP contribution in [0.4, 0.5) is 0 Å². The van der Waals surface area contributed by atoms with E-state index in [9.17, 15) is 9.59 Å². The number of hydrogen-bond acceptors (Lipinski definition) is 4. The van der Waals surface area contributed by atoms with Crippen LogP contribution in [-0.4, -0.2) is 39.9 Å². The molecular weight excluding hydrogens is 330 g/mol. The van der Waals surface area contributed by atoms with Crippen molar-refractivity contribution in [1.82, 2.24) is 15.1 Å². The van der Waals surface area contributed by atoms with Crippen molar-refractivity contribution in [2.75, 3.05) is 13.1 Å². The minimum atomic E-state index is -0.0204. The Hall–Kier alpha value is -2.63. The van der Waals surface area contributed by atoms with Gasteiger partial charge in [-0.15, -0.1) is 0 Å². The van der Waals surface area contributed by atoms with Gasteiger partial charge in [0.05, 0.1) is 5.69 Å². The second-order valence-corrected chi connectivity index (χ2v) is 6.71. The number of ketones is 1. The molecule has 1 aromatic carbocycles. The molecule has 1 aliphatic heterocycles. The third kappa shape index (κ3) is 4.71. The van der Waals surface area contributed by atoms with Crippen LogP contribution in [0.1, 0.15) is 65.6 Å². The number of hydrogen-bond donors (Lipinski definition) is 1. The number of rotatable bonds is 5. The number of aromatic amines is 1. The van der Waals surface area contributed by atoms with Gasteiger partial charge in [-0.05, 0) is 38.0 Å². The van der Waals surface area contributed by atoms with Crippen LogP contribution in [0, 0.1) is 0 Å². The first-order valence-corrected chi connectivity index (χ1v) is 9.21. The molecule has 0 radical (unpaired) electrons. The number of likely N-dealkylation sites (tertiary alicyclic amines) is 1. The summed E-state index contributed by atoms with van der Waals surface area (Å²) in [4.78, 5) is 26.0. The summed E-state index contributed by atoms with van der Waals surface area (Å²) >= 11 is 0. The molecule has 1 amide bonds. The fourth-order valence-electron chi connectivity index (χ4n) is 3.12. The molecule has 3 rings (SSSR count). The molecule has 1 N–H and O–H groups in total. The molecule has 1 aliphatic rings. The van der Waals surface area contributed by atoms with Crippen LogP contribution in [0.5, 0.6) is 5.75 Å². The lowest BCUT2D eigenvalue weighted by Gasteiger charge is -2.23. The number of nitrogens with one attached hydrogen (secondary N) is 1. The van der Waals surface area contributed by atoms with E-state index in [2.05, 4.69) is 10.2 Å². The Morgan fingerprint density at radius 3 is 2.58 bits per heavy atom. The summed E-state index contributed by atoms with van der Waals surface area (Å²) < 4.78 is 5.71. The Morgan fingerprint density at radius 1 is 1.12 bits per heavy atom. The molecule has 1 fully saturated rings. The van der Waals surface area contributed by atoms with Gasteiger partial charge in [0.25, 0.3) is 5.91 Å². The topological polar surface area (TPSA) is 75.3 Å². The van der Waals surface area contributed by atoms with Crippen molar-refractivity contribution >= 4 is 11.7 Å². The summed E-state index contributed by atoms with van der Waals surface area (Å²) in [7, 11) is 0. The Bertz CT molecular complexity index is 761. The van der Waals surface area contributed by atoms with E-state index in [1.54, 1.807) is 30.3 Å². The number of carbonyl (C=O) groups excluding carboxylic acids is 2. The van der Waals surface area contributed by atoms with Crippen LogP contribution in [-0.2, 0) is 6.61 Å². The first-order valence-electron chi connectivity index (χ1n) is 9.21. The highest BCUT2D eigenvalue weighted by molar-refractivity contribution is 5.94. The van der Waals surface area contributed by atoms with Gasteiger partial charge in [-0.1, -0.05) is 31.4 Å². The summed E-state index contributed by atoms with van der Waals surface area (Å²) in [6, 6.07) is 8.80. The molecular formula is C20H25N3O3. The molecule has 138 valence electrons. The van der Waals surface area contributed by atoms with Gasteiger partial charge in [-0.25, -0.2) is 0 Å². The quantitative estimate of drug-likeness (QED) is 0.832. The van der Waals surface area contributed by atoms with E-state index in [0.717, 1.165) is 31.6 Å². The lowest BCUT2D eigenvalue weighted by atomic mass is 10.1. The molecule has 0 atom stereocenters. The minimum Gasteiger partial charge on any atom is -0.487 e. The molecule has 1 saturated heterocycles. The smallest absolute Gasteiger partial charge is 0.274 e. The number of ether oxygens (including phenoxy) is 1. The predicted octanol–water partition coefficient (Wildman–Crippen LogP) is 3.60. The molecule has 6 heteroatoms. The molecule has 2 aromatic rings. The van der Waals surface area contributed by atoms with E-state index in [-0.39, 0.29) is 18.3 Å². The van der Waals surface area contributed by atoms with Gasteiger partial charge in [-0.2, -0.15) is 5.10 Å². The largest absolute Gasteiger partial charge is 0.487 e. The van der Waals surface area contributed by atoms with Crippen LogP contribution in [0.15, 0.2) is 30.3 Å². The van der Waals surface area contributed by atoms with E-state index < -0.39 is 0 Å². The second-order valence-electron chi connectivity index (χ2n) is 6.71. The van der Waals surface area contributed by atoms with E-state index >= 15 is 0 Å². The number of aromatic nitrogens is 2. The molecule has 2 heterocycles. The van der Waals surface area contributed by atoms with Crippen molar-refractivity contribution in [1.29, 1.82) is 0 Å². The highest BCUT2D eigenvalue weighted by Gasteiger charge is 2.19. The van der Waals surface area contributed by atoms with E-state index in [4.69, 9.17) is 4.74 Å². The maximum absolute atomic E-state index is 12.6. The summed E-state index contributed by atoms with van der Waals surface area (Å²) in [6.45, 7) is 3.39. The average Bonchev–Trinajstić information content (AvgIpc) is 3.08. The van der Waals surface area contributed by atoms with Crippen LogP contribution >= 0.6 is 0 Å². The SMILES string of the molecule is CC(=O)c1cccc(OCc2cc(C(=O)N3CCCCCCC3)n[nH]2)c1. The molecule has 0 bridgehead atoms. The van der Waals surface area contributed by atoms with Gasteiger partial charge in [-0.3, -0.25) is 14.7 Å². The fourth-order valence-corrected chi connectivity index (χ4v) is 3.12. The zero-order chi connectivity index (χ0) is 18.4. The average molecular weight is 355 g/mol.